The van der Waals surface area contributed by atoms with Gasteiger partial charge in [0.1, 0.15) is 17.4 Å². The SMILES string of the molecule is COc1cc(F)c(C(=O)CCCCl)c(F)c1. The third-order valence-electron chi connectivity index (χ3n) is 2.07. The molecule has 5 heteroatoms. The van der Waals surface area contributed by atoms with Crippen LogP contribution in [-0.4, -0.2) is 18.8 Å². The Balaban J connectivity index is 3.00. The maximum atomic E-state index is 13.4. The van der Waals surface area contributed by atoms with Gasteiger partial charge >= 0.3 is 0 Å². The first-order valence-electron chi connectivity index (χ1n) is 4.72. The van der Waals surface area contributed by atoms with E-state index in [1.807, 2.05) is 0 Å². The van der Waals surface area contributed by atoms with Crippen molar-refractivity contribution in [2.75, 3.05) is 13.0 Å². The van der Waals surface area contributed by atoms with E-state index >= 15 is 0 Å². The molecule has 2 nitrogen and oxygen atoms in total. The molecule has 1 aromatic carbocycles. The van der Waals surface area contributed by atoms with E-state index in [4.69, 9.17) is 11.6 Å². The fourth-order valence-electron chi connectivity index (χ4n) is 1.29. The first kappa shape index (κ1) is 12.9. The Bertz CT molecular complexity index is 371. The van der Waals surface area contributed by atoms with Gasteiger partial charge in [-0.15, -0.1) is 11.6 Å². The molecule has 0 aliphatic rings. The molecule has 0 N–H and O–H groups in total. The van der Waals surface area contributed by atoms with Crippen LogP contribution in [0.25, 0.3) is 0 Å². The van der Waals surface area contributed by atoms with Crippen molar-refractivity contribution in [2.24, 2.45) is 0 Å². The number of ketones is 1. The third kappa shape index (κ3) is 2.92. The lowest BCUT2D eigenvalue weighted by Crippen LogP contribution is -2.06. The second-order valence-electron chi connectivity index (χ2n) is 3.18. The van der Waals surface area contributed by atoms with Gasteiger partial charge in [-0.25, -0.2) is 8.78 Å². The fraction of sp³-hybridized carbons (Fsp3) is 0.364. The summed E-state index contributed by atoms with van der Waals surface area (Å²) in [6.07, 6.45) is 0.426. The zero-order valence-electron chi connectivity index (χ0n) is 8.73. The molecule has 0 saturated carbocycles. The second kappa shape index (κ2) is 5.80. The molecule has 0 bridgehead atoms. The number of benzene rings is 1. The van der Waals surface area contributed by atoms with Crippen LogP contribution in [-0.2, 0) is 0 Å². The van der Waals surface area contributed by atoms with Crippen molar-refractivity contribution >= 4 is 17.4 Å². The number of carbonyl (C=O) groups is 1. The van der Waals surface area contributed by atoms with Crippen LogP contribution >= 0.6 is 11.6 Å². The van der Waals surface area contributed by atoms with Gasteiger partial charge < -0.3 is 4.74 Å². The predicted octanol–water partition coefficient (Wildman–Crippen LogP) is 3.18. The molecule has 0 aliphatic carbocycles. The van der Waals surface area contributed by atoms with Gasteiger partial charge in [0.15, 0.2) is 5.78 Å². The van der Waals surface area contributed by atoms with E-state index in [9.17, 15) is 13.6 Å². The summed E-state index contributed by atoms with van der Waals surface area (Å²) in [7, 11) is 1.29. The Labute approximate surface area is 97.2 Å². The molecule has 0 unspecified atom stereocenters. The number of carbonyl (C=O) groups excluding carboxylic acids is 1. The van der Waals surface area contributed by atoms with Gasteiger partial charge in [-0.3, -0.25) is 4.79 Å². The first-order chi connectivity index (χ1) is 7.60. The maximum absolute atomic E-state index is 13.4. The minimum atomic E-state index is -0.906. The van der Waals surface area contributed by atoms with E-state index in [-0.39, 0.29) is 18.1 Å². The molecule has 1 rings (SSSR count). The van der Waals surface area contributed by atoms with Crippen molar-refractivity contribution in [2.45, 2.75) is 12.8 Å². The third-order valence-corrected chi connectivity index (χ3v) is 2.33. The highest BCUT2D eigenvalue weighted by Crippen LogP contribution is 2.22. The average molecular weight is 249 g/mol. The van der Waals surface area contributed by atoms with Crippen LogP contribution in [0.15, 0.2) is 12.1 Å². The molecular formula is C11H11ClF2O2. The van der Waals surface area contributed by atoms with Crippen molar-refractivity contribution in [1.82, 2.24) is 0 Å². The Hall–Kier alpha value is -1.16. The summed E-state index contributed by atoms with van der Waals surface area (Å²) in [5.41, 5.74) is -0.522. The molecule has 0 aliphatic heterocycles. The van der Waals surface area contributed by atoms with Gasteiger partial charge in [-0.05, 0) is 6.42 Å². The van der Waals surface area contributed by atoms with Crippen molar-refractivity contribution in [1.29, 1.82) is 0 Å². The lowest BCUT2D eigenvalue weighted by Gasteiger charge is -2.06. The molecule has 0 amide bonds. The monoisotopic (exact) mass is 248 g/mol. The van der Waals surface area contributed by atoms with Gasteiger partial charge in [0.05, 0.1) is 12.7 Å². The highest BCUT2D eigenvalue weighted by atomic mass is 35.5. The van der Waals surface area contributed by atoms with E-state index in [0.29, 0.717) is 6.42 Å². The number of rotatable bonds is 5. The lowest BCUT2D eigenvalue weighted by atomic mass is 10.1. The average Bonchev–Trinajstić information content (AvgIpc) is 2.25. The van der Waals surface area contributed by atoms with Crippen LogP contribution in [0.2, 0.25) is 0 Å². The topological polar surface area (TPSA) is 26.3 Å². The summed E-state index contributed by atoms with van der Waals surface area (Å²) >= 11 is 5.40. The summed E-state index contributed by atoms with van der Waals surface area (Å²) in [4.78, 5) is 11.5. The zero-order chi connectivity index (χ0) is 12.1. The Morgan fingerprint density at radius 1 is 1.38 bits per heavy atom. The Morgan fingerprint density at radius 2 is 1.94 bits per heavy atom. The molecule has 1 aromatic rings. The highest BCUT2D eigenvalue weighted by molar-refractivity contribution is 6.18. The van der Waals surface area contributed by atoms with Crippen LogP contribution in [0.1, 0.15) is 23.2 Å². The molecule has 88 valence electrons. The smallest absolute Gasteiger partial charge is 0.168 e. The van der Waals surface area contributed by atoms with E-state index in [1.54, 1.807) is 0 Å². The minimum Gasteiger partial charge on any atom is -0.497 e. The quantitative estimate of drug-likeness (QED) is 0.591. The molecule has 0 heterocycles. The number of hydrogen-bond donors (Lipinski definition) is 0. The minimum absolute atomic E-state index is 0.0314. The molecule has 0 radical (unpaired) electrons. The Kier molecular flexibility index (Phi) is 4.68. The molecule has 0 spiro atoms. The van der Waals surface area contributed by atoms with E-state index in [1.165, 1.54) is 7.11 Å². The van der Waals surface area contributed by atoms with Crippen molar-refractivity contribution < 1.29 is 18.3 Å². The van der Waals surface area contributed by atoms with Crippen LogP contribution in [0, 0.1) is 11.6 Å². The second-order valence-corrected chi connectivity index (χ2v) is 3.56. The zero-order valence-corrected chi connectivity index (χ0v) is 9.48. The molecular weight excluding hydrogens is 238 g/mol. The van der Waals surface area contributed by atoms with Crippen LogP contribution < -0.4 is 4.74 Å². The molecule has 0 aromatic heterocycles. The number of halogens is 3. The normalized spacial score (nSPS) is 10.2. The van der Waals surface area contributed by atoms with Crippen LogP contribution in [0.3, 0.4) is 0 Å². The number of alkyl halides is 1. The van der Waals surface area contributed by atoms with Crippen LogP contribution in [0.4, 0.5) is 8.78 Å². The van der Waals surface area contributed by atoms with Gasteiger partial charge in [0.25, 0.3) is 0 Å². The molecule has 0 fully saturated rings. The number of ether oxygens (including phenoxy) is 1. The Morgan fingerprint density at radius 3 is 2.38 bits per heavy atom. The molecule has 16 heavy (non-hydrogen) atoms. The van der Waals surface area contributed by atoms with Gasteiger partial charge in [0.2, 0.25) is 0 Å². The summed E-state index contributed by atoms with van der Waals surface area (Å²) in [6.45, 7) is 0. The molecule has 0 atom stereocenters. The van der Waals surface area contributed by atoms with Crippen molar-refractivity contribution in [3.63, 3.8) is 0 Å². The number of hydrogen-bond acceptors (Lipinski definition) is 2. The molecule has 0 saturated heterocycles. The highest BCUT2D eigenvalue weighted by Gasteiger charge is 2.18. The van der Waals surface area contributed by atoms with Gasteiger partial charge in [-0.1, -0.05) is 0 Å². The van der Waals surface area contributed by atoms with E-state index in [2.05, 4.69) is 4.74 Å². The lowest BCUT2D eigenvalue weighted by molar-refractivity contribution is 0.0973. The fourth-order valence-corrected chi connectivity index (χ4v) is 1.42. The van der Waals surface area contributed by atoms with Gasteiger partial charge in [-0.2, -0.15) is 0 Å². The summed E-state index contributed by atoms with van der Waals surface area (Å²) in [5.74, 6) is -2.07. The summed E-state index contributed by atoms with van der Waals surface area (Å²) in [5, 5.41) is 0. The largest absolute Gasteiger partial charge is 0.497 e. The van der Waals surface area contributed by atoms with Crippen molar-refractivity contribution in [3.8, 4) is 5.75 Å². The first-order valence-corrected chi connectivity index (χ1v) is 5.25. The van der Waals surface area contributed by atoms with Crippen LogP contribution in [0.5, 0.6) is 5.75 Å². The maximum Gasteiger partial charge on any atom is 0.168 e. The van der Waals surface area contributed by atoms with E-state index in [0.717, 1.165) is 12.1 Å². The standard InChI is InChI=1S/C11H11ClF2O2/c1-16-7-5-8(13)11(9(14)6-7)10(15)3-2-4-12/h5-6H,2-4H2,1H3. The summed E-state index contributed by atoms with van der Waals surface area (Å²) in [6, 6.07) is 1.97. The van der Waals surface area contributed by atoms with Crippen molar-refractivity contribution in [3.05, 3.63) is 29.3 Å². The summed E-state index contributed by atoms with van der Waals surface area (Å²) < 4.78 is 31.5. The number of methoxy groups -OCH3 is 1. The predicted molar refractivity (Wildman–Crippen MR) is 57.2 cm³/mol. The van der Waals surface area contributed by atoms with E-state index < -0.39 is 23.0 Å². The van der Waals surface area contributed by atoms with Gasteiger partial charge in [0, 0.05) is 24.4 Å². The number of Topliss-reactive ketones (excluding diaryl/α,β-unsaturated/α-hetero) is 1.